The molecule has 10 rings (SSSR count). The van der Waals surface area contributed by atoms with Gasteiger partial charge in [0, 0.05) is 28.6 Å². The number of benzene rings is 8. The van der Waals surface area contributed by atoms with Crippen LogP contribution >= 0.6 is 0 Å². The van der Waals surface area contributed by atoms with E-state index in [1.165, 1.54) is 55.5 Å². The fraction of sp³-hybridized carbons (Fsp3) is 0.0351. The molecule has 0 spiro atoms. The van der Waals surface area contributed by atoms with Crippen molar-refractivity contribution in [2.45, 2.75) is 22.6 Å². The molecule has 0 saturated carbocycles. The van der Waals surface area contributed by atoms with Gasteiger partial charge in [0.1, 0.15) is 23.1 Å². The minimum absolute atomic E-state index is 0.178. The molecule has 0 fully saturated rings. The smallest absolute Gasteiger partial charge is 0.263 e. The van der Waals surface area contributed by atoms with Crippen molar-refractivity contribution in [2.75, 3.05) is 20.9 Å². The summed E-state index contributed by atoms with van der Waals surface area (Å²) in [6.45, 7) is 1.22. The number of nitrogens with zero attached hydrogens (tertiary/aromatic N) is 4. The highest BCUT2D eigenvalue weighted by Gasteiger charge is 2.35. The SMILES string of the molecule is CC(=O)C=C(O)C(c1nc2c(-c3ccccc3)c(-c3ccccc3)ccc2nc1NS(=O)(=O)c1ccc(N)cc1)c1nc2c(-c3ccccc3)c(-c3ccccc3)ccc2nc1NS(=O)(=O)c1ccc(N)cc1. The minimum Gasteiger partial charge on any atom is -0.511 e. The van der Waals surface area contributed by atoms with Crippen LogP contribution in [0, 0.1) is 0 Å². The molecule has 0 aliphatic carbocycles. The van der Waals surface area contributed by atoms with E-state index in [0.717, 1.165) is 39.5 Å². The molecule has 0 saturated heterocycles. The van der Waals surface area contributed by atoms with Crippen LogP contribution in [0.5, 0.6) is 0 Å². The van der Waals surface area contributed by atoms with E-state index in [1.807, 2.05) is 133 Å². The van der Waals surface area contributed by atoms with E-state index in [0.29, 0.717) is 22.5 Å². The van der Waals surface area contributed by atoms with Gasteiger partial charge in [-0.15, -0.1) is 0 Å². The number of hydrogen-bond acceptors (Lipinski definition) is 12. The summed E-state index contributed by atoms with van der Waals surface area (Å²) in [6.07, 6.45) is 0.940. The Balaban J connectivity index is 1.35. The van der Waals surface area contributed by atoms with Crippen LogP contribution < -0.4 is 20.9 Å². The van der Waals surface area contributed by atoms with Gasteiger partial charge in [0.2, 0.25) is 0 Å². The van der Waals surface area contributed by atoms with Gasteiger partial charge in [-0.1, -0.05) is 133 Å². The first-order valence-electron chi connectivity index (χ1n) is 22.8. The molecule has 360 valence electrons. The largest absolute Gasteiger partial charge is 0.511 e. The predicted octanol–water partition coefficient (Wildman–Crippen LogP) is 11.2. The third kappa shape index (κ3) is 9.67. The lowest BCUT2D eigenvalue weighted by Crippen LogP contribution is -2.22. The lowest BCUT2D eigenvalue weighted by Gasteiger charge is -2.24. The maximum Gasteiger partial charge on any atom is 0.263 e. The number of aliphatic hydroxyl groups excluding tert-OH is 1. The van der Waals surface area contributed by atoms with E-state index in [2.05, 4.69) is 9.44 Å². The summed E-state index contributed by atoms with van der Waals surface area (Å²) in [5.41, 5.74) is 18.9. The van der Waals surface area contributed by atoms with Crippen molar-refractivity contribution in [3.8, 4) is 44.5 Å². The van der Waals surface area contributed by atoms with Crippen LogP contribution in [0.25, 0.3) is 66.6 Å². The fourth-order valence-electron chi connectivity index (χ4n) is 8.70. The van der Waals surface area contributed by atoms with Crippen LogP contribution in [0.15, 0.2) is 216 Å². The highest BCUT2D eigenvalue weighted by Crippen LogP contribution is 2.44. The number of anilines is 4. The van der Waals surface area contributed by atoms with Gasteiger partial charge in [0.05, 0.1) is 31.9 Å². The summed E-state index contributed by atoms with van der Waals surface area (Å²) in [5, 5.41) is 12.6. The summed E-state index contributed by atoms with van der Waals surface area (Å²) >= 11 is 0. The molecule has 0 bridgehead atoms. The number of nitrogens with one attached hydrogen (secondary N) is 2. The predicted molar refractivity (Wildman–Crippen MR) is 287 cm³/mol. The third-order valence-corrected chi connectivity index (χ3v) is 14.8. The van der Waals surface area contributed by atoms with Gasteiger partial charge in [-0.3, -0.25) is 14.2 Å². The zero-order chi connectivity index (χ0) is 50.9. The highest BCUT2D eigenvalue weighted by molar-refractivity contribution is 7.93. The van der Waals surface area contributed by atoms with E-state index in [9.17, 15) is 26.7 Å². The Bertz CT molecular complexity index is 3730. The topological polar surface area (TPSA) is 233 Å². The number of aliphatic hydroxyl groups is 1. The van der Waals surface area contributed by atoms with Crippen LogP contribution in [0.1, 0.15) is 24.2 Å². The van der Waals surface area contributed by atoms with Gasteiger partial charge in [0.15, 0.2) is 17.4 Å². The Hall–Kier alpha value is -9.25. The second-order valence-corrected chi connectivity index (χ2v) is 20.4. The standard InChI is InChI=1S/C57H44N8O6S2/c1-35(66)34-48(67)51(54-56(64-72(68,69)42-26-22-40(58)23-27-42)60-46-32-30-44(36-14-6-2-7-15-36)49(52(46)62-54)38-18-10-4-11-19-38)55-57(65-73(70,71)43-28-24-41(59)25-29-43)61-47-33-31-45(37-16-8-3-9-17-37)50(53(47)63-55)39-20-12-5-13-21-39/h2-34,51,67H,58-59H2,1H3,(H,60,64)(H,61,65). The molecule has 7 N–H and O–H groups in total. The van der Waals surface area contributed by atoms with Crippen molar-refractivity contribution in [3.05, 3.63) is 217 Å². The van der Waals surface area contributed by atoms with Crippen molar-refractivity contribution in [1.29, 1.82) is 0 Å². The summed E-state index contributed by atoms with van der Waals surface area (Å²) in [7, 11) is -9.05. The lowest BCUT2D eigenvalue weighted by atomic mass is 9.91. The molecule has 16 heteroatoms. The van der Waals surface area contributed by atoms with E-state index < -0.39 is 37.5 Å². The number of sulfonamides is 2. The molecule has 8 aromatic carbocycles. The van der Waals surface area contributed by atoms with Gasteiger partial charge < -0.3 is 16.6 Å². The Labute approximate surface area is 420 Å². The number of aromatic nitrogens is 4. The number of nitrogens with two attached hydrogens (primary N) is 2. The number of ketones is 1. The lowest BCUT2D eigenvalue weighted by molar-refractivity contribution is -0.112. The molecule has 2 heterocycles. The summed E-state index contributed by atoms with van der Waals surface area (Å²) in [6, 6.07) is 56.2. The van der Waals surface area contributed by atoms with Gasteiger partial charge in [-0.05, 0) is 101 Å². The van der Waals surface area contributed by atoms with E-state index in [-0.39, 0.29) is 54.9 Å². The molecule has 2 aromatic heterocycles. The normalized spacial score (nSPS) is 12.0. The first-order valence-corrected chi connectivity index (χ1v) is 25.8. The number of nitrogen functional groups attached to an aromatic ring is 2. The van der Waals surface area contributed by atoms with E-state index in [1.54, 1.807) is 12.1 Å². The first kappa shape index (κ1) is 47.4. The molecule has 0 radical (unpaired) electrons. The number of carbonyl (C=O) groups excluding carboxylic acids is 1. The Morgan fingerprint density at radius 1 is 0.479 bits per heavy atom. The summed E-state index contributed by atoms with van der Waals surface area (Å²) in [4.78, 5) is 33.4. The van der Waals surface area contributed by atoms with Crippen LogP contribution in [0.4, 0.5) is 23.0 Å². The van der Waals surface area contributed by atoms with E-state index >= 15 is 0 Å². The Kier molecular flexibility index (Phi) is 12.7. The van der Waals surface area contributed by atoms with Crippen LogP contribution in [-0.4, -0.2) is 47.7 Å². The second kappa shape index (κ2) is 19.5. The molecular weight excluding hydrogens is 957 g/mol. The number of hydrogen-bond donors (Lipinski definition) is 5. The Morgan fingerprint density at radius 2 is 0.822 bits per heavy atom. The zero-order valence-corrected chi connectivity index (χ0v) is 40.5. The average Bonchev–Trinajstić information content (AvgIpc) is 3.39. The van der Waals surface area contributed by atoms with Crippen LogP contribution in [0.3, 0.4) is 0 Å². The van der Waals surface area contributed by atoms with Gasteiger partial charge in [-0.25, -0.2) is 36.8 Å². The number of fused-ring (bicyclic) bond motifs is 2. The van der Waals surface area contributed by atoms with Crippen LogP contribution in [0.2, 0.25) is 0 Å². The average molecular weight is 1000 g/mol. The van der Waals surface area contributed by atoms with Gasteiger partial charge in [0.25, 0.3) is 20.0 Å². The number of rotatable bonds is 14. The Morgan fingerprint density at radius 3 is 1.16 bits per heavy atom. The second-order valence-electron chi connectivity index (χ2n) is 17.1. The minimum atomic E-state index is -4.53. The number of carbonyl (C=O) groups is 1. The number of allylic oxidation sites excluding steroid dienone is 2. The maximum atomic E-state index is 14.5. The molecule has 0 aliphatic heterocycles. The van der Waals surface area contributed by atoms with Crippen molar-refractivity contribution in [1.82, 2.24) is 19.9 Å². The first-order chi connectivity index (χ1) is 35.2. The summed E-state index contributed by atoms with van der Waals surface area (Å²) in [5.74, 6) is -3.80. The van der Waals surface area contributed by atoms with Crippen molar-refractivity contribution in [2.24, 2.45) is 0 Å². The van der Waals surface area contributed by atoms with Gasteiger partial charge >= 0.3 is 0 Å². The molecule has 73 heavy (non-hydrogen) atoms. The monoisotopic (exact) mass is 1000 g/mol. The third-order valence-electron chi connectivity index (χ3n) is 12.1. The quantitative estimate of drug-likeness (QED) is 0.0389. The summed E-state index contributed by atoms with van der Waals surface area (Å²) < 4.78 is 63.4. The molecular formula is C57H44N8O6S2. The fourth-order valence-corrected chi connectivity index (χ4v) is 10.7. The molecule has 14 nitrogen and oxygen atoms in total. The molecule has 0 amide bonds. The van der Waals surface area contributed by atoms with Crippen molar-refractivity contribution >= 4 is 70.9 Å². The molecule has 0 unspecified atom stereocenters. The van der Waals surface area contributed by atoms with E-state index in [4.69, 9.17) is 31.4 Å². The molecule has 0 aliphatic rings. The van der Waals surface area contributed by atoms with Crippen molar-refractivity contribution < 1.29 is 26.7 Å². The highest BCUT2D eigenvalue weighted by atomic mass is 32.2. The van der Waals surface area contributed by atoms with Gasteiger partial charge in [-0.2, -0.15) is 0 Å². The maximum absolute atomic E-state index is 14.5. The van der Waals surface area contributed by atoms with Crippen molar-refractivity contribution in [3.63, 3.8) is 0 Å². The molecule has 10 aromatic rings. The zero-order valence-electron chi connectivity index (χ0n) is 38.9. The van der Waals surface area contributed by atoms with Crippen LogP contribution in [-0.2, 0) is 24.8 Å². The molecule has 0 atom stereocenters.